The minimum absolute atomic E-state index is 0.218. The summed E-state index contributed by atoms with van der Waals surface area (Å²) in [6.07, 6.45) is -13.0. The van der Waals surface area contributed by atoms with Crippen LogP contribution < -0.4 is 0 Å². The average molecular weight is 1120 g/mol. The highest BCUT2D eigenvalue weighted by molar-refractivity contribution is 5.89. The van der Waals surface area contributed by atoms with Crippen LogP contribution in [0.2, 0.25) is 0 Å². The molecule has 0 spiro atoms. The molecule has 0 unspecified atom stereocenters. The second-order valence-corrected chi connectivity index (χ2v) is 24.0. The number of methoxy groups -OCH3 is 3. The molecular formula is C57H86O22. The van der Waals surface area contributed by atoms with Crippen molar-refractivity contribution in [2.75, 3.05) is 27.9 Å². The summed E-state index contributed by atoms with van der Waals surface area (Å²) in [4.78, 5) is 26.1. The first-order valence-electron chi connectivity index (χ1n) is 28.2. The van der Waals surface area contributed by atoms with Crippen molar-refractivity contribution in [2.24, 2.45) is 28.6 Å². The molecule has 0 bridgehead atoms. The van der Waals surface area contributed by atoms with Crippen LogP contribution in [0.3, 0.4) is 0 Å². The molecule has 4 heterocycles. The van der Waals surface area contributed by atoms with Crippen LogP contribution in [0.5, 0.6) is 0 Å². The number of rotatable bonds is 16. The molecule has 9 rings (SSSR count). The quantitative estimate of drug-likeness (QED) is 0.0922. The molecule has 7 fully saturated rings. The highest BCUT2D eigenvalue weighted by atomic mass is 16.8. The zero-order valence-electron chi connectivity index (χ0n) is 47.0. The van der Waals surface area contributed by atoms with Crippen molar-refractivity contribution in [1.29, 1.82) is 0 Å². The molecule has 0 aromatic heterocycles. The van der Waals surface area contributed by atoms with E-state index in [1.54, 1.807) is 45.2 Å². The van der Waals surface area contributed by atoms with Gasteiger partial charge in [0.15, 0.2) is 25.2 Å². The molecule has 3 saturated carbocycles. The molecular weight excluding hydrogens is 1040 g/mol. The molecule has 7 N–H and O–H groups in total. The van der Waals surface area contributed by atoms with Crippen molar-refractivity contribution in [3.8, 4) is 0 Å². The van der Waals surface area contributed by atoms with Crippen molar-refractivity contribution < 1.29 is 107 Å². The monoisotopic (exact) mass is 1120 g/mol. The zero-order chi connectivity index (χ0) is 57.1. The first kappa shape index (κ1) is 60.8. The predicted octanol–water partition coefficient (Wildman–Crippen LogP) is 2.20. The number of fused-ring (bicyclic) bond motifs is 5. The Morgan fingerprint density at radius 2 is 1.32 bits per heavy atom. The lowest BCUT2D eigenvalue weighted by Gasteiger charge is -2.65. The predicted molar refractivity (Wildman–Crippen MR) is 274 cm³/mol. The van der Waals surface area contributed by atoms with E-state index in [2.05, 4.69) is 6.92 Å². The van der Waals surface area contributed by atoms with E-state index in [1.165, 1.54) is 21.1 Å². The van der Waals surface area contributed by atoms with Gasteiger partial charge >= 0.3 is 11.9 Å². The Bertz CT molecular complexity index is 2260. The number of aliphatic hydroxyl groups excluding tert-OH is 5. The third-order valence-electron chi connectivity index (χ3n) is 19.7. The van der Waals surface area contributed by atoms with Gasteiger partial charge in [-0.25, -0.2) is 4.79 Å². The minimum Gasteiger partial charge on any atom is -0.463 e. The van der Waals surface area contributed by atoms with Crippen LogP contribution in [0.4, 0.5) is 0 Å². The Hall–Kier alpha value is -2.82. The van der Waals surface area contributed by atoms with Crippen LogP contribution in [0, 0.1) is 28.6 Å². The smallest absolute Gasteiger partial charge is 0.338 e. The maximum Gasteiger partial charge on any atom is 0.338 e. The number of benzene rings is 1. The Kier molecular flexibility index (Phi) is 18.5. The lowest BCUT2D eigenvalue weighted by molar-refractivity contribution is -0.373. The van der Waals surface area contributed by atoms with Gasteiger partial charge in [0.05, 0.1) is 60.0 Å². The second-order valence-electron chi connectivity index (χ2n) is 24.0. The van der Waals surface area contributed by atoms with E-state index < -0.39 is 170 Å². The van der Waals surface area contributed by atoms with Crippen LogP contribution in [-0.4, -0.2) is 216 Å². The summed E-state index contributed by atoms with van der Waals surface area (Å²) in [5.41, 5.74) is -4.04. The molecule has 8 aliphatic rings. The Labute approximate surface area is 462 Å². The molecule has 1 aromatic rings. The lowest BCUT2D eigenvalue weighted by Crippen LogP contribution is -2.70. The van der Waals surface area contributed by atoms with Crippen LogP contribution in [-0.2, 0) is 66.4 Å². The van der Waals surface area contributed by atoms with Gasteiger partial charge in [-0.1, -0.05) is 44.2 Å². The summed E-state index contributed by atoms with van der Waals surface area (Å²) in [6.45, 7) is 11.9. The summed E-state index contributed by atoms with van der Waals surface area (Å²) in [5, 5.41) is 78.4. The molecule has 0 amide bonds. The number of carbonyl (C=O) groups is 2. The van der Waals surface area contributed by atoms with E-state index in [4.69, 9.17) is 61.6 Å². The topological polar surface area (TPSA) is 296 Å². The van der Waals surface area contributed by atoms with Crippen LogP contribution in [0.1, 0.15) is 110 Å². The normalized spacial score (nSPS) is 49.2. The first-order chi connectivity index (χ1) is 37.4. The minimum atomic E-state index is -1.68. The largest absolute Gasteiger partial charge is 0.463 e. The van der Waals surface area contributed by atoms with E-state index in [1.807, 2.05) is 39.0 Å². The molecule has 22 nitrogen and oxygen atoms in total. The molecule has 28 atom stereocenters. The fraction of sp³-hybridized carbons (Fsp3) is 0.825. The molecule has 4 aliphatic heterocycles. The number of carbonyl (C=O) groups excluding carboxylic acids is 2. The Morgan fingerprint density at radius 3 is 1.94 bits per heavy atom. The molecule has 4 saturated heterocycles. The maximum atomic E-state index is 13.9. The number of esters is 2. The fourth-order valence-electron chi connectivity index (χ4n) is 15.2. The van der Waals surface area contributed by atoms with Crippen molar-refractivity contribution in [2.45, 2.75) is 240 Å². The maximum absolute atomic E-state index is 13.9. The van der Waals surface area contributed by atoms with Gasteiger partial charge in [-0.2, -0.15) is 0 Å². The van der Waals surface area contributed by atoms with Crippen molar-refractivity contribution in [3.05, 3.63) is 48.0 Å². The SMILES string of the molecule is CO[C@H]1[C@@H](O)[C@H](O[C@H]2[C@@H](OC)C[C@H](O[C@H]3[C@@H](OC)C[C@H](O[C@H]4CC[C@]5(C)[C@H]6C[C@@H](OC(=O)c7ccccc7)[C@]7(C)[C@@H]([C@H](C)OC(C)=O)CC[C@]7(O)[C@@H]6C=C[C@@]5(O)C4)O[C@@H]3C)O[C@@H]2C)O[C@H](C)[C@H]1O[C@@H]1O[C@H](CO)[C@@H](O)[C@H](O)[C@H]1O. The molecule has 0 radical (unpaired) electrons. The van der Waals surface area contributed by atoms with Gasteiger partial charge in [-0.15, -0.1) is 0 Å². The van der Waals surface area contributed by atoms with Gasteiger partial charge in [0, 0.05) is 70.2 Å². The van der Waals surface area contributed by atoms with Gasteiger partial charge in [0.2, 0.25) is 0 Å². The van der Waals surface area contributed by atoms with Gasteiger partial charge in [0.25, 0.3) is 0 Å². The Morgan fingerprint density at radius 1 is 0.709 bits per heavy atom. The van der Waals surface area contributed by atoms with E-state index in [9.17, 15) is 45.3 Å². The van der Waals surface area contributed by atoms with Crippen LogP contribution in [0.25, 0.3) is 0 Å². The lowest BCUT2D eigenvalue weighted by atomic mass is 9.43. The average Bonchev–Trinajstić information content (AvgIpc) is 3.33. The third-order valence-corrected chi connectivity index (χ3v) is 19.7. The summed E-state index contributed by atoms with van der Waals surface area (Å²) in [5.74, 6) is -1.89. The molecule has 4 aliphatic carbocycles. The van der Waals surface area contributed by atoms with Crippen molar-refractivity contribution in [3.63, 3.8) is 0 Å². The number of hydrogen-bond acceptors (Lipinski definition) is 22. The second kappa shape index (κ2) is 24.0. The molecule has 446 valence electrons. The van der Waals surface area contributed by atoms with E-state index >= 15 is 0 Å². The van der Waals surface area contributed by atoms with E-state index in [0.717, 1.165) is 0 Å². The highest BCUT2D eigenvalue weighted by Gasteiger charge is 2.73. The first-order valence-corrected chi connectivity index (χ1v) is 28.2. The van der Waals surface area contributed by atoms with Gasteiger partial charge in [-0.05, 0) is 77.8 Å². The number of ether oxygens (including phenoxy) is 13. The summed E-state index contributed by atoms with van der Waals surface area (Å²) in [6, 6.07) is 8.77. The number of aliphatic hydroxyl groups is 7. The molecule has 22 heteroatoms. The zero-order valence-corrected chi connectivity index (χ0v) is 47.0. The Balaban J connectivity index is 0.821. The fourth-order valence-corrected chi connectivity index (χ4v) is 15.2. The van der Waals surface area contributed by atoms with Gasteiger partial charge < -0.3 is 97.3 Å². The summed E-state index contributed by atoms with van der Waals surface area (Å²) < 4.78 is 80.2. The third kappa shape index (κ3) is 11.1. The van der Waals surface area contributed by atoms with Crippen molar-refractivity contribution >= 4 is 11.9 Å². The van der Waals surface area contributed by atoms with Crippen LogP contribution >= 0.6 is 0 Å². The molecule has 1 aromatic carbocycles. The molecule has 79 heavy (non-hydrogen) atoms. The van der Waals surface area contributed by atoms with Crippen molar-refractivity contribution in [1.82, 2.24) is 0 Å². The van der Waals surface area contributed by atoms with Gasteiger partial charge in [0.1, 0.15) is 67.1 Å². The van der Waals surface area contributed by atoms with E-state index in [-0.39, 0.29) is 30.6 Å². The summed E-state index contributed by atoms with van der Waals surface area (Å²) in [7, 11) is 4.49. The van der Waals surface area contributed by atoms with Crippen LogP contribution in [0.15, 0.2) is 42.5 Å². The van der Waals surface area contributed by atoms with E-state index in [0.29, 0.717) is 44.1 Å². The highest BCUT2D eigenvalue weighted by Crippen LogP contribution is 2.69. The summed E-state index contributed by atoms with van der Waals surface area (Å²) >= 11 is 0. The van der Waals surface area contributed by atoms with Gasteiger partial charge in [-0.3, -0.25) is 4.79 Å². The number of hydrogen-bond donors (Lipinski definition) is 7. The standard InChI is InChI=1S/C57H86O22/c1-27(70-31(5)59)34-18-21-57(66)35-17-20-56(65)25-33(16-19-54(56,6)36(35)22-40(55(34,57)7)76-51(64)32-14-12-11-13-15-32)74-41-23-37(67-8)47(28(2)71-41)77-42-24-38(68-9)48(29(3)72-42)78-53-46(63)50(69-10)49(30(4)73-53)79-52-45(62)44(61)43(60)39(26-58)75-52/h11-15,17,20,27-30,33-50,52-53,58,60-63,65-66H,16,18-19,21-26H2,1-10H3/t27-,28+,29+,30+,33-,34+,35+,36-,37-,38-,39+,40+,41-,42-,43+,44-,45+,46+,47+,48+,49+,50-,52-,53-,54+,55-,56+,57-/m0/s1.